The zero-order chi connectivity index (χ0) is 20.5. The summed E-state index contributed by atoms with van der Waals surface area (Å²) in [5.41, 5.74) is 0.577. The number of halogens is 2. The molecular formula is C18H23F2N7O2. The molecule has 2 bridgehead atoms. The van der Waals surface area contributed by atoms with Crippen molar-refractivity contribution < 1.29 is 18.3 Å². The van der Waals surface area contributed by atoms with Gasteiger partial charge in [0, 0.05) is 18.8 Å². The lowest BCUT2D eigenvalue weighted by Gasteiger charge is -2.43. The number of aromatic nitrogens is 4. The van der Waals surface area contributed by atoms with Crippen molar-refractivity contribution in [3.63, 3.8) is 0 Å². The van der Waals surface area contributed by atoms with Crippen molar-refractivity contribution in [1.82, 2.24) is 25.9 Å². The molecule has 2 N–H and O–H groups in total. The first kappa shape index (κ1) is 19.3. The lowest BCUT2D eigenvalue weighted by Crippen LogP contribution is -2.59. The van der Waals surface area contributed by atoms with Gasteiger partial charge >= 0.3 is 12.6 Å². The van der Waals surface area contributed by atoms with Crippen molar-refractivity contribution in [2.24, 2.45) is 5.92 Å². The number of aromatic amines is 1. The monoisotopic (exact) mass is 407 g/mol. The van der Waals surface area contributed by atoms with Crippen LogP contribution in [0.5, 0.6) is 5.75 Å². The maximum absolute atomic E-state index is 12.8. The van der Waals surface area contributed by atoms with E-state index < -0.39 is 6.61 Å². The molecule has 2 aromatic rings. The van der Waals surface area contributed by atoms with Crippen LogP contribution in [-0.2, 0) is 0 Å². The maximum Gasteiger partial charge on any atom is 0.387 e. The summed E-state index contributed by atoms with van der Waals surface area (Å²) in [6, 6.07) is 6.11. The van der Waals surface area contributed by atoms with E-state index in [1.165, 1.54) is 17.0 Å². The quantitative estimate of drug-likeness (QED) is 0.790. The number of nitrogens with one attached hydrogen (secondary N) is 2. The highest BCUT2D eigenvalue weighted by molar-refractivity contribution is 5.91. The molecule has 0 spiro atoms. The van der Waals surface area contributed by atoms with E-state index in [-0.39, 0.29) is 23.9 Å². The van der Waals surface area contributed by atoms with Crippen LogP contribution in [0.1, 0.15) is 26.2 Å². The zero-order valence-corrected chi connectivity index (χ0v) is 16.1. The van der Waals surface area contributed by atoms with Gasteiger partial charge in [-0.25, -0.2) is 9.89 Å². The number of anilines is 2. The molecule has 0 saturated carbocycles. The Bertz CT molecular complexity index is 833. The second kappa shape index (κ2) is 7.80. The van der Waals surface area contributed by atoms with Gasteiger partial charge in [-0.2, -0.15) is 8.78 Å². The fraction of sp³-hybridized carbons (Fsp3) is 0.556. The van der Waals surface area contributed by atoms with Gasteiger partial charge in [-0.1, -0.05) is 12.0 Å². The molecule has 1 aromatic carbocycles. The molecule has 11 heteroatoms. The molecule has 4 rings (SSSR count). The third-order valence-corrected chi connectivity index (χ3v) is 5.86. The molecule has 156 valence electrons. The Hall–Kier alpha value is -2.98. The average molecular weight is 407 g/mol. The highest BCUT2D eigenvalue weighted by Gasteiger charge is 2.47. The van der Waals surface area contributed by atoms with E-state index in [1.807, 2.05) is 0 Å². The van der Waals surface area contributed by atoms with Crippen LogP contribution in [0.4, 0.5) is 25.2 Å². The molecule has 2 aliphatic heterocycles. The third kappa shape index (κ3) is 3.81. The number of hydrogen-bond donors (Lipinski definition) is 2. The number of piperidine rings is 1. The van der Waals surface area contributed by atoms with Crippen LogP contribution in [-0.4, -0.2) is 58.4 Å². The SMILES string of the molecule is C[C@H]1CC(NC(=O)N(C)c2ccc(OC(F)F)cc2)[C@@H]2CC[C@H]1N2c1nnn[nH]1. The van der Waals surface area contributed by atoms with Crippen molar-refractivity contribution >= 4 is 17.7 Å². The van der Waals surface area contributed by atoms with Crippen LogP contribution in [0.15, 0.2) is 24.3 Å². The van der Waals surface area contributed by atoms with Gasteiger partial charge in [-0.05, 0) is 59.9 Å². The minimum atomic E-state index is -2.88. The third-order valence-electron chi connectivity index (χ3n) is 5.86. The van der Waals surface area contributed by atoms with Gasteiger partial charge in [0.15, 0.2) is 0 Å². The number of nitrogens with zero attached hydrogens (tertiary/aromatic N) is 5. The second-order valence-corrected chi connectivity index (χ2v) is 7.54. The van der Waals surface area contributed by atoms with E-state index in [9.17, 15) is 13.6 Å². The van der Waals surface area contributed by atoms with Gasteiger partial charge in [0.05, 0.1) is 12.1 Å². The summed E-state index contributed by atoms with van der Waals surface area (Å²) in [4.78, 5) is 16.5. The van der Waals surface area contributed by atoms with Crippen LogP contribution in [0.25, 0.3) is 0 Å². The molecule has 29 heavy (non-hydrogen) atoms. The van der Waals surface area contributed by atoms with Crippen molar-refractivity contribution in [2.45, 2.75) is 50.9 Å². The Morgan fingerprint density at radius 3 is 2.69 bits per heavy atom. The molecule has 3 heterocycles. The molecule has 2 fully saturated rings. The molecule has 1 aromatic heterocycles. The Morgan fingerprint density at radius 2 is 2.03 bits per heavy atom. The number of urea groups is 1. The summed E-state index contributed by atoms with van der Waals surface area (Å²) in [5.74, 6) is 1.05. The normalized spacial score (nSPS) is 25.9. The summed E-state index contributed by atoms with van der Waals surface area (Å²) in [5, 5.41) is 17.4. The van der Waals surface area contributed by atoms with Crippen LogP contribution in [0, 0.1) is 5.92 Å². The van der Waals surface area contributed by atoms with E-state index in [4.69, 9.17) is 0 Å². The number of alkyl halides is 2. The van der Waals surface area contributed by atoms with Crippen molar-refractivity contribution in [3.8, 4) is 5.75 Å². The number of H-pyrrole nitrogens is 1. The average Bonchev–Trinajstić information content (AvgIpc) is 3.33. The summed E-state index contributed by atoms with van der Waals surface area (Å²) in [6.45, 7) is -0.707. The standard InChI is InChI=1S/C18H23F2N7O2/c1-10-9-13(15-8-7-14(10)27(15)17-22-24-25-23-17)21-18(28)26(2)11-3-5-12(6-4-11)29-16(19)20/h3-6,10,13-16H,7-9H2,1-2H3,(H,21,28)(H,22,23,24,25)/t10-,13?,14+,15-/m0/s1. The molecule has 0 aliphatic carbocycles. The number of ether oxygens (including phenoxy) is 1. The predicted molar refractivity (Wildman–Crippen MR) is 101 cm³/mol. The Kier molecular flexibility index (Phi) is 5.20. The second-order valence-electron chi connectivity index (χ2n) is 7.54. The van der Waals surface area contributed by atoms with Crippen LogP contribution in [0.3, 0.4) is 0 Å². The Morgan fingerprint density at radius 1 is 1.31 bits per heavy atom. The van der Waals surface area contributed by atoms with Gasteiger partial charge in [-0.15, -0.1) is 0 Å². The van der Waals surface area contributed by atoms with Crippen LogP contribution in [0.2, 0.25) is 0 Å². The molecule has 1 unspecified atom stereocenters. The molecular weight excluding hydrogens is 384 g/mol. The van der Waals surface area contributed by atoms with E-state index in [0.29, 0.717) is 23.6 Å². The highest BCUT2D eigenvalue weighted by Crippen LogP contribution is 2.40. The number of rotatable bonds is 5. The number of carbonyl (C=O) groups excluding carboxylic acids is 1. The first-order chi connectivity index (χ1) is 13.9. The topological polar surface area (TPSA) is 99.3 Å². The molecule has 4 atom stereocenters. The van der Waals surface area contributed by atoms with E-state index >= 15 is 0 Å². The zero-order valence-electron chi connectivity index (χ0n) is 16.1. The first-order valence-corrected chi connectivity index (χ1v) is 9.55. The van der Waals surface area contributed by atoms with Crippen molar-refractivity contribution in [1.29, 1.82) is 0 Å². The summed E-state index contributed by atoms with van der Waals surface area (Å²) in [7, 11) is 1.64. The lowest BCUT2D eigenvalue weighted by atomic mass is 9.88. The van der Waals surface area contributed by atoms with Gasteiger partial charge in [0.2, 0.25) is 5.95 Å². The Labute approximate surface area is 166 Å². The van der Waals surface area contributed by atoms with Gasteiger partial charge in [0.1, 0.15) is 5.75 Å². The molecule has 9 nitrogen and oxygen atoms in total. The number of hydrogen-bond acceptors (Lipinski definition) is 6. The molecule has 2 aliphatic rings. The largest absolute Gasteiger partial charge is 0.435 e. The number of carbonyl (C=O) groups is 1. The fourth-order valence-electron chi connectivity index (χ4n) is 4.49. The summed E-state index contributed by atoms with van der Waals surface area (Å²) in [6.07, 6.45) is 2.85. The van der Waals surface area contributed by atoms with E-state index in [2.05, 4.69) is 42.5 Å². The minimum absolute atomic E-state index is 0.0481. The lowest BCUT2D eigenvalue weighted by molar-refractivity contribution is -0.0498. The maximum atomic E-state index is 12.8. The van der Waals surface area contributed by atoms with Gasteiger partial charge in [0.25, 0.3) is 0 Å². The first-order valence-electron chi connectivity index (χ1n) is 9.55. The van der Waals surface area contributed by atoms with E-state index in [1.54, 1.807) is 19.2 Å². The van der Waals surface area contributed by atoms with Crippen LogP contribution >= 0.6 is 0 Å². The summed E-state index contributed by atoms with van der Waals surface area (Å²) >= 11 is 0. The number of amides is 2. The minimum Gasteiger partial charge on any atom is -0.435 e. The van der Waals surface area contributed by atoms with Crippen LogP contribution < -0.4 is 19.9 Å². The van der Waals surface area contributed by atoms with Crippen molar-refractivity contribution in [3.05, 3.63) is 24.3 Å². The highest BCUT2D eigenvalue weighted by atomic mass is 19.3. The predicted octanol–water partition coefficient (Wildman–Crippen LogP) is 2.39. The Balaban J connectivity index is 1.44. The van der Waals surface area contributed by atoms with E-state index in [0.717, 1.165) is 19.3 Å². The smallest absolute Gasteiger partial charge is 0.387 e. The van der Waals surface area contributed by atoms with Gasteiger partial charge < -0.3 is 15.0 Å². The molecule has 2 amide bonds. The number of fused-ring (bicyclic) bond motifs is 2. The summed E-state index contributed by atoms with van der Waals surface area (Å²) < 4.78 is 28.9. The molecule has 0 radical (unpaired) electrons. The number of benzene rings is 1. The molecule has 2 saturated heterocycles. The van der Waals surface area contributed by atoms with Gasteiger partial charge in [-0.3, -0.25) is 4.90 Å². The fourth-order valence-corrected chi connectivity index (χ4v) is 4.49. The number of tetrazole rings is 1. The van der Waals surface area contributed by atoms with Crippen molar-refractivity contribution in [2.75, 3.05) is 16.8 Å².